The molecule has 1 saturated heterocycles. The smallest absolute Gasteiger partial charge is 0.170 e. The van der Waals surface area contributed by atoms with Gasteiger partial charge in [-0.25, -0.2) is 0 Å². The van der Waals surface area contributed by atoms with Gasteiger partial charge in [0.05, 0.1) is 5.56 Å². The molecule has 6 heteroatoms. The number of hydrogen-bond acceptors (Lipinski definition) is 6. The summed E-state index contributed by atoms with van der Waals surface area (Å²) in [4.78, 5) is 14.4. The quantitative estimate of drug-likeness (QED) is 0.300. The van der Waals surface area contributed by atoms with Crippen molar-refractivity contribution < 1.29 is 9.53 Å². The molecule has 0 spiro atoms. The van der Waals surface area contributed by atoms with Crippen molar-refractivity contribution in [3.63, 3.8) is 0 Å². The second kappa shape index (κ2) is 12.5. The van der Waals surface area contributed by atoms with Gasteiger partial charge in [0, 0.05) is 41.9 Å². The Bertz CT molecular complexity index is 1040. The Hall–Kier alpha value is -1.63. The first-order chi connectivity index (χ1) is 18.0. The molecule has 0 amide bonds. The van der Waals surface area contributed by atoms with E-state index in [1.165, 1.54) is 36.9 Å². The fourth-order valence-corrected chi connectivity index (χ4v) is 8.30. The fraction of sp³-hybridized carbons (Fsp3) is 0.581. The Balaban J connectivity index is 1.22. The van der Waals surface area contributed by atoms with Crippen LogP contribution in [0, 0.1) is 11.8 Å². The highest BCUT2D eigenvalue weighted by Crippen LogP contribution is 2.39. The summed E-state index contributed by atoms with van der Waals surface area (Å²) in [5, 5.41) is 0.829. The third kappa shape index (κ3) is 6.88. The lowest BCUT2D eigenvalue weighted by Crippen LogP contribution is -2.40. The number of benzene rings is 2. The lowest BCUT2D eigenvalue weighted by molar-refractivity contribution is 0.0627. The number of Topliss-reactive ketones (excluding diaryl/α,β-unsaturated/α-hetero) is 1. The molecule has 3 aliphatic rings. The Morgan fingerprint density at radius 1 is 1.03 bits per heavy atom. The third-order valence-electron chi connectivity index (χ3n) is 7.92. The highest BCUT2D eigenvalue weighted by Gasteiger charge is 2.35. The number of nitrogens with zero attached hydrogens (tertiary/aromatic N) is 2. The van der Waals surface area contributed by atoms with Crippen LogP contribution in [0.5, 0.6) is 5.75 Å². The number of ether oxygens (including phenoxy) is 1. The zero-order chi connectivity index (χ0) is 25.8. The lowest BCUT2D eigenvalue weighted by atomic mass is 9.86. The Morgan fingerprint density at radius 3 is 2.43 bits per heavy atom. The van der Waals surface area contributed by atoms with Crippen LogP contribution in [0.1, 0.15) is 81.6 Å². The summed E-state index contributed by atoms with van der Waals surface area (Å²) < 4.78 is 11.4. The van der Waals surface area contributed by atoms with E-state index < -0.39 is 0 Å². The van der Waals surface area contributed by atoms with Crippen molar-refractivity contribution in [2.75, 3.05) is 23.9 Å². The molecule has 1 unspecified atom stereocenters. The number of piperidine rings is 1. The molecule has 4 nitrogen and oxygen atoms in total. The molecule has 1 atom stereocenters. The predicted octanol–water partition coefficient (Wildman–Crippen LogP) is 8.06. The van der Waals surface area contributed by atoms with Gasteiger partial charge in [0.2, 0.25) is 0 Å². The normalized spacial score (nSPS) is 21.3. The standard InChI is InChI=1S/C31H42N2O2S2/c1-4-23-9-11-25(12-10-23)33(21-22(2)3)37-27-13-14-30-28(19-27)29(34)20-31(35-30)24-15-17-32(18-16-24)36-26-7-5-6-8-26/h9-14,19,22,24,26,31H,4-8,15-18,20-21H2,1-3H3. The number of carbonyl (C=O) groups is 1. The number of hydrogen-bond donors (Lipinski definition) is 0. The molecule has 0 aromatic heterocycles. The maximum atomic E-state index is 13.3. The lowest BCUT2D eigenvalue weighted by Gasteiger charge is -2.38. The van der Waals surface area contributed by atoms with E-state index in [1.807, 2.05) is 12.1 Å². The van der Waals surface area contributed by atoms with Gasteiger partial charge in [-0.3, -0.25) is 9.10 Å². The Labute approximate surface area is 232 Å². The highest BCUT2D eigenvalue weighted by molar-refractivity contribution is 8.00. The molecule has 2 aliphatic heterocycles. The molecular weight excluding hydrogens is 496 g/mol. The van der Waals surface area contributed by atoms with Gasteiger partial charge in [0.15, 0.2) is 5.78 Å². The van der Waals surface area contributed by atoms with Crippen LogP contribution < -0.4 is 9.04 Å². The predicted molar refractivity (Wildman–Crippen MR) is 158 cm³/mol. The van der Waals surface area contributed by atoms with Gasteiger partial charge in [-0.15, -0.1) is 0 Å². The van der Waals surface area contributed by atoms with Gasteiger partial charge in [0.1, 0.15) is 11.9 Å². The maximum Gasteiger partial charge on any atom is 0.170 e. The molecule has 0 bridgehead atoms. The number of anilines is 1. The first-order valence-corrected chi connectivity index (χ1v) is 15.9. The molecule has 2 aromatic rings. The molecule has 1 aliphatic carbocycles. The van der Waals surface area contributed by atoms with Crippen LogP contribution in [0.3, 0.4) is 0 Å². The number of fused-ring (bicyclic) bond motifs is 1. The van der Waals surface area contributed by atoms with Crippen LogP contribution >= 0.6 is 23.9 Å². The molecular formula is C31H42N2O2S2. The number of carbonyl (C=O) groups excluding carboxylic acids is 1. The summed E-state index contributed by atoms with van der Waals surface area (Å²) in [6, 6.07) is 15.0. The summed E-state index contributed by atoms with van der Waals surface area (Å²) in [7, 11) is 0. The van der Waals surface area contributed by atoms with E-state index in [0.717, 1.165) is 60.4 Å². The molecule has 2 heterocycles. The number of rotatable bonds is 9. The molecule has 0 N–H and O–H groups in total. The fourth-order valence-electron chi connectivity index (χ4n) is 5.76. The molecule has 37 heavy (non-hydrogen) atoms. The van der Waals surface area contributed by atoms with Crippen LogP contribution in [0.25, 0.3) is 0 Å². The van der Waals surface area contributed by atoms with Crippen molar-refractivity contribution in [1.29, 1.82) is 0 Å². The zero-order valence-corrected chi connectivity index (χ0v) is 24.3. The minimum atomic E-state index is 0.0200. The number of ketones is 1. The van der Waals surface area contributed by atoms with E-state index in [2.05, 4.69) is 71.7 Å². The average molecular weight is 539 g/mol. The summed E-state index contributed by atoms with van der Waals surface area (Å²) in [6.07, 6.45) is 9.38. The number of aryl methyl sites for hydroxylation is 1. The van der Waals surface area contributed by atoms with Crippen LogP contribution in [0.4, 0.5) is 5.69 Å². The topological polar surface area (TPSA) is 32.8 Å². The van der Waals surface area contributed by atoms with Gasteiger partial charge in [-0.2, -0.15) is 0 Å². The van der Waals surface area contributed by atoms with E-state index in [9.17, 15) is 4.79 Å². The second-order valence-electron chi connectivity index (χ2n) is 11.3. The molecule has 200 valence electrons. The summed E-state index contributed by atoms with van der Waals surface area (Å²) in [5.74, 6) is 2.01. The van der Waals surface area contributed by atoms with Crippen molar-refractivity contribution in [2.45, 2.75) is 88.4 Å². The van der Waals surface area contributed by atoms with E-state index in [1.54, 1.807) is 11.9 Å². The second-order valence-corrected chi connectivity index (χ2v) is 13.8. The molecule has 2 fully saturated rings. The highest BCUT2D eigenvalue weighted by atomic mass is 32.2. The molecule has 2 aromatic carbocycles. The van der Waals surface area contributed by atoms with Crippen LogP contribution in [0.15, 0.2) is 47.4 Å². The molecule has 1 saturated carbocycles. The Kier molecular flexibility index (Phi) is 9.10. The van der Waals surface area contributed by atoms with Gasteiger partial charge in [-0.1, -0.05) is 57.7 Å². The van der Waals surface area contributed by atoms with Gasteiger partial charge in [0.25, 0.3) is 0 Å². The van der Waals surface area contributed by atoms with E-state index >= 15 is 0 Å². The van der Waals surface area contributed by atoms with Crippen molar-refractivity contribution in [3.05, 3.63) is 53.6 Å². The van der Waals surface area contributed by atoms with Gasteiger partial charge >= 0.3 is 0 Å². The van der Waals surface area contributed by atoms with E-state index in [0.29, 0.717) is 18.3 Å². The first-order valence-electron chi connectivity index (χ1n) is 14.3. The summed E-state index contributed by atoms with van der Waals surface area (Å²) >= 11 is 3.81. The largest absolute Gasteiger partial charge is 0.489 e. The summed E-state index contributed by atoms with van der Waals surface area (Å²) in [5.41, 5.74) is 3.30. The van der Waals surface area contributed by atoms with Crippen LogP contribution in [0.2, 0.25) is 0 Å². The SMILES string of the molecule is CCc1ccc(N(CC(C)C)Sc2ccc3c(c2)C(=O)CC(C2CCN(SC4CCCC4)CC2)O3)cc1. The Morgan fingerprint density at radius 2 is 1.76 bits per heavy atom. The van der Waals surface area contributed by atoms with Gasteiger partial charge < -0.3 is 9.04 Å². The molecule has 0 radical (unpaired) electrons. The van der Waals surface area contributed by atoms with Crippen LogP contribution in [-0.2, 0) is 6.42 Å². The van der Waals surface area contributed by atoms with Gasteiger partial charge in [-0.05, 0) is 91.8 Å². The van der Waals surface area contributed by atoms with Crippen molar-refractivity contribution in [3.8, 4) is 5.75 Å². The minimum absolute atomic E-state index is 0.0200. The average Bonchev–Trinajstić information content (AvgIpc) is 3.42. The van der Waals surface area contributed by atoms with Crippen molar-refractivity contribution in [1.82, 2.24) is 4.31 Å². The van der Waals surface area contributed by atoms with E-state index in [-0.39, 0.29) is 11.9 Å². The van der Waals surface area contributed by atoms with Crippen molar-refractivity contribution in [2.24, 2.45) is 11.8 Å². The van der Waals surface area contributed by atoms with Crippen LogP contribution in [-0.4, -0.2) is 41.1 Å². The maximum absolute atomic E-state index is 13.3. The van der Waals surface area contributed by atoms with Crippen molar-refractivity contribution >= 4 is 35.4 Å². The molecule has 5 rings (SSSR count). The zero-order valence-electron chi connectivity index (χ0n) is 22.7. The van der Waals surface area contributed by atoms with E-state index in [4.69, 9.17) is 4.74 Å². The summed E-state index contributed by atoms with van der Waals surface area (Å²) in [6.45, 7) is 9.86. The first kappa shape index (κ1) is 27.0. The monoisotopic (exact) mass is 538 g/mol. The minimum Gasteiger partial charge on any atom is -0.489 e. The third-order valence-corrected chi connectivity index (χ3v) is 10.4.